The molecule has 0 radical (unpaired) electrons. The van der Waals surface area contributed by atoms with Crippen molar-refractivity contribution in [3.63, 3.8) is 0 Å². The average molecular weight is 275 g/mol. The minimum atomic E-state index is -0.858. The summed E-state index contributed by atoms with van der Waals surface area (Å²) in [6.45, 7) is 7.80. The zero-order valence-electron chi connectivity index (χ0n) is 12.7. The molecule has 1 aromatic rings. The van der Waals surface area contributed by atoms with Gasteiger partial charge in [-0.2, -0.15) is 0 Å². The minimum Gasteiger partial charge on any atom is -0.478 e. The Morgan fingerprint density at radius 2 is 1.90 bits per heavy atom. The summed E-state index contributed by atoms with van der Waals surface area (Å²) in [6.07, 6.45) is 3.80. The fourth-order valence-electron chi connectivity index (χ4n) is 2.64. The van der Waals surface area contributed by atoms with Gasteiger partial charge in [-0.25, -0.2) is 4.79 Å². The molecule has 1 saturated carbocycles. The number of aromatic carboxylic acids is 1. The Bertz CT molecular complexity index is 451. The van der Waals surface area contributed by atoms with E-state index in [1.807, 2.05) is 12.1 Å². The quantitative estimate of drug-likeness (QED) is 0.823. The second-order valence-electron chi connectivity index (χ2n) is 6.03. The second-order valence-corrected chi connectivity index (χ2v) is 6.03. The Morgan fingerprint density at radius 3 is 2.35 bits per heavy atom. The van der Waals surface area contributed by atoms with E-state index in [4.69, 9.17) is 5.11 Å². The van der Waals surface area contributed by atoms with E-state index in [9.17, 15) is 4.79 Å². The van der Waals surface area contributed by atoms with Gasteiger partial charge in [0.1, 0.15) is 0 Å². The molecule has 2 unspecified atom stereocenters. The molecular formula is C17H25NO2. The Morgan fingerprint density at radius 1 is 1.30 bits per heavy atom. The highest BCUT2D eigenvalue weighted by molar-refractivity contribution is 5.87. The molecular weight excluding hydrogens is 250 g/mol. The average Bonchev–Trinajstić information content (AvgIpc) is 3.28. The highest BCUT2D eigenvalue weighted by Crippen LogP contribution is 2.32. The van der Waals surface area contributed by atoms with Crippen LogP contribution in [-0.2, 0) is 6.54 Å². The first kappa shape index (κ1) is 15.0. The summed E-state index contributed by atoms with van der Waals surface area (Å²) in [5.41, 5.74) is 1.57. The van der Waals surface area contributed by atoms with E-state index in [1.54, 1.807) is 12.1 Å². The molecule has 0 heterocycles. The Kier molecular flexibility index (Phi) is 4.81. The van der Waals surface area contributed by atoms with Crippen molar-refractivity contribution in [2.45, 2.75) is 58.7 Å². The van der Waals surface area contributed by atoms with Gasteiger partial charge in [-0.05, 0) is 43.4 Å². The van der Waals surface area contributed by atoms with Crippen molar-refractivity contribution in [3.05, 3.63) is 35.4 Å². The number of hydrogen-bond acceptors (Lipinski definition) is 2. The lowest BCUT2D eigenvalue weighted by molar-refractivity contribution is 0.0697. The van der Waals surface area contributed by atoms with Crippen LogP contribution in [-0.4, -0.2) is 28.1 Å². The lowest BCUT2D eigenvalue weighted by Gasteiger charge is -2.33. The first-order chi connectivity index (χ1) is 9.52. The highest BCUT2D eigenvalue weighted by atomic mass is 16.4. The van der Waals surface area contributed by atoms with Crippen LogP contribution in [0.1, 0.15) is 56.0 Å². The third-order valence-corrected chi connectivity index (χ3v) is 4.57. The van der Waals surface area contributed by atoms with E-state index in [-0.39, 0.29) is 0 Å². The first-order valence-corrected chi connectivity index (χ1v) is 7.61. The Balaban J connectivity index is 2.06. The van der Waals surface area contributed by atoms with E-state index in [1.165, 1.54) is 24.8 Å². The van der Waals surface area contributed by atoms with Crippen LogP contribution in [0.3, 0.4) is 0 Å². The molecule has 3 heteroatoms. The molecule has 2 atom stereocenters. The summed E-state index contributed by atoms with van der Waals surface area (Å²) in [5.74, 6) is -0.169. The molecule has 1 aliphatic rings. The Hall–Kier alpha value is -1.35. The summed E-state index contributed by atoms with van der Waals surface area (Å²) in [7, 11) is 0. The van der Waals surface area contributed by atoms with Gasteiger partial charge in [-0.1, -0.05) is 32.4 Å². The van der Waals surface area contributed by atoms with Crippen molar-refractivity contribution in [2.75, 3.05) is 0 Å². The summed E-state index contributed by atoms with van der Waals surface area (Å²) >= 11 is 0. The minimum absolute atomic E-state index is 0.363. The van der Waals surface area contributed by atoms with E-state index >= 15 is 0 Å². The SMILES string of the molecule is CCC(C)C(C)N(Cc1ccc(C(=O)O)cc1)C1CC1. The summed E-state index contributed by atoms with van der Waals surface area (Å²) in [6, 6.07) is 8.60. The van der Waals surface area contributed by atoms with Crippen LogP contribution in [0.4, 0.5) is 0 Å². The predicted molar refractivity (Wildman–Crippen MR) is 80.9 cm³/mol. The maximum atomic E-state index is 10.9. The highest BCUT2D eigenvalue weighted by Gasteiger charge is 2.33. The molecule has 1 N–H and O–H groups in total. The molecule has 20 heavy (non-hydrogen) atoms. The fourth-order valence-corrected chi connectivity index (χ4v) is 2.64. The first-order valence-electron chi connectivity index (χ1n) is 7.61. The third kappa shape index (κ3) is 3.60. The molecule has 0 aliphatic heterocycles. The maximum absolute atomic E-state index is 10.9. The molecule has 1 aliphatic carbocycles. The zero-order chi connectivity index (χ0) is 14.7. The fraction of sp³-hybridized carbons (Fsp3) is 0.588. The van der Waals surface area contributed by atoms with E-state index in [2.05, 4.69) is 25.7 Å². The maximum Gasteiger partial charge on any atom is 0.335 e. The number of benzene rings is 1. The van der Waals surface area contributed by atoms with Crippen LogP contribution in [0.25, 0.3) is 0 Å². The number of hydrogen-bond donors (Lipinski definition) is 1. The van der Waals surface area contributed by atoms with Crippen LogP contribution in [0, 0.1) is 5.92 Å². The van der Waals surface area contributed by atoms with Crippen LogP contribution in [0.5, 0.6) is 0 Å². The number of carboxylic acids is 1. The number of nitrogens with zero attached hydrogens (tertiary/aromatic N) is 1. The molecule has 0 saturated heterocycles. The van der Waals surface area contributed by atoms with Gasteiger partial charge in [0.05, 0.1) is 5.56 Å². The predicted octanol–water partition coefficient (Wildman–Crippen LogP) is 3.78. The van der Waals surface area contributed by atoms with E-state index < -0.39 is 5.97 Å². The molecule has 3 nitrogen and oxygen atoms in total. The molecule has 0 amide bonds. The van der Waals surface area contributed by atoms with Crippen molar-refractivity contribution < 1.29 is 9.90 Å². The summed E-state index contributed by atoms with van der Waals surface area (Å²) in [5, 5.41) is 8.94. The van der Waals surface area contributed by atoms with Gasteiger partial charge in [0.25, 0.3) is 0 Å². The molecule has 0 bridgehead atoms. The molecule has 0 aromatic heterocycles. The lowest BCUT2D eigenvalue weighted by atomic mass is 9.98. The summed E-state index contributed by atoms with van der Waals surface area (Å²) < 4.78 is 0. The van der Waals surface area contributed by atoms with Crippen LogP contribution in [0.15, 0.2) is 24.3 Å². The van der Waals surface area contributed by atoms with Gasteiger partial charge in [0, 0.05) is 18.6 Å². The number of carboxylic acid groups (broad SMARTS) is 1. The van der Waals surface area contributed by atoms with E-state index in [0.717, 1.165) is 12.6 Å². The molecule has 110 valence electrons. The molecule has 2 rings (SSSR count). The monoisotopic (exact) mass is 275 g/mol. The van der Waals surface area contributed by atoms with Crippen LogP contribution in [0.2, 0.25) is 0 Å². The van der Waals surface area contributed by atoms with Crippen molar-refractivity contribution in [2.24, 2.45) is 5.92 Å². The van der Waals surface area contributed by atoms with Crippen LogP contribution >= 0.6 is 0 Å². The molecule has 1 aromatic carbocycles. The largest absolute Gasteiger partial charge is 0.478 e. The normalized spacial score (nSPS) is 18.0. The number of rotatable bonds is 7. The third-order valence-electron chi connectivity index (χ3n) is 4.57. The summed E-state index contributed by atoms with van der Waals surface area (Å²) in [4.78, 5) is 13.5. The number of carbonyl (C=O) groups is 1. The van der Waals surface area contributed by atoms with Gasteiger partial charge in [-0.3, -0.25) is 4.90 Å². The zero-order valence-corrected chi connectivity index (χ0v) is 12.7. The topological polar surface area (TPSA) is 40.5 Å². The van der Waals surface area contributed by atoms with Gasteiger partial charge in [0.15, 0.2) is 0 Å². The van der Waals surface area contributed by atoms with Gasteiger partial charge in [0.2, 0.25) is 0 Å². The molecule has 1 fully saturated rings. The van der Waals surface area contributed by atoms with E-state index in [0.29, 0.717) is 17.5 Å². The van der Waals surface area contributed by atoms with Gasteiger partial charge in [-0.15, -0.1) is 0 Å². The lowest BCUT2D eigenvalue weighted by Crippen LogP contribution is -2.38. The van der Waals surface area contributed by atoms with Gasteiger partial charge < -0.3 is 5.11 Å². The van der Waals surface area contributed by atoms with Gasteiger partial charge >= 0.3 is 5.97 Å². The van der Waals surface area contributed by atoms with Crippen LogP contribution < -0.4 is 0 Å². The Labute approximate surface area is 121 Å². The second kappa shape index (κ2) is 6.40. The van der Waals surface area contributed by atoms with Crippen molar-refractivity contribution in [1.82, 2.24) is 4.90 Å². The standard InChI is InChI=1S/C17H25NO2/c1-4-12(2)13(3)18(16-9-10-16)11-14-5-7-15(8-6-14)17(19)20/h5-8,12-13,16H,4,9-11H2,1-3H3,(H,19,20). The smallest absolute Gasteiger partial charge is 0.335 e. The van der Waals surface area contributed by atoms with Crippen molar-refractivity contribution >= 4 is 5.97 Å². The molecule has 0 spiro atoms. The van der Waals surface area contributed by atoms with Crippen molar-refractivity contribution in [1.29, 1.82) is 0 Å². The van der Waals surface area contributed by atoms with Crippen molar-refractivity contribution in [3.8, 4) is 0 Å².